The molecule has 19 heavy (non-hydrogen) atoms. The summed E-state index contributed by atoms with van der Waals surface area (Å²) in [6.07, 6.45) is 1.94. The first-order chi connectivity index (χ1) is 9.10. The van der Waals surface area contributed by atoms with Crippen molar-refractivity contribution in [3.8, 4) is 0 Å². The lowest BCUT2D eigenvalue weighted by Gasteiger charge is -2.14. The van der Waals surface area contributed by atoms with E-state index in [-0.39, 0.29) is 6.42 Å². The molecule has 0 fully saturated rings. The van der Waals surface area contributed by atoms with Gasteiger partial charge in [-0.1, -0.05) is 23.4 Å². The van der Waals surface area contributed by atoms with Crippen LogP contribution in [0.1, 0.15) is 18.9 Å². The van der Waals surface area contributed by atoms with Crippen molar-refractivity contribution >= 4 is 22.6 Å². The van der Waals surface area contributed by atoms with Crippen LogP contribution in [0.3, 0.4) is 0 Å². The zero-order valence-corrected chi connectivity index (χ0v) is 10.3. The summed E-state index contributed by atoms with van der Waals surface area (Å²) in [7, 11) is 0. The molecule has 96 valence electrons. The van der Waals surface area contributed by atoms with Gasteiger partial charge in [0.1, 0.15) is 0 Å². The number of oxime groups is 1. The minimum Gasteiger partial charge on any atom is -0.478 e. The van der Waals surface area contributed by atoms with Gasteiger partial charge in [0, 0.05) is 23.6 Å². The van der Waals surface area contributed by atoms with Crippen molar-refractivity contribution in [2.24, 2.45) is 5.16 Å². The Bertz CT molecular complexity index is 691. The molecule has 0 amide bonds. The van der Waals surface area contributed by atoms with Gasteiger partial charge in [-0.15, -0.1) is 0 Å². The zero-order valence-electron chi connectivity index (χ0n) is 10.3. The third-order valence-corrected chi connectivity index (χ3v) is 3.27. The number of carboxylic acids is 1. The number of fused-ring (bicyclic) bond motifs is 1. The fraction of sp³-hybridized carbons (Fsp3) is 0.214. The molecule has 1 aromatic carbocycles. The molecule has 1 unspecified atom stereocenters. The van der Waals surface area contributed by atoms with Gasteiger partial charge in [0.15, 0.2) is 0 Å². The van der Waals surface area contributed by atoms with Gasteiger partial charge in [-0.3, -0.25) is 4.98 Å². The lowest BCUT2D eigenvalue weighted by Crippen LogP contribution is -2.35. The molecule has 0 radical (unpaired) electrons. The predicted molar refractivity (Wildman–Crippen MR) is 70.0 cm³/mol. The van der Waals surface area contributed by atoms with Gasteiger partial charge >= 0.3 is 5.97 Å². The van der Waals surface area contributed by atoms with Crippen LogP contribution in [0.25, 0.3) is 10.9 Å². The molecule has 0 spiro atoms. The molecule has 2 heterocycles. The molecule has 1 atom stereocenters. The first-order valence-electron chi connectivity index (χ1n) is 5.93. The molecule has 5 heteroatoms. The first-order valence-corrected chi connectivity index (χ1v) is 5.93. The summed E-state index contributed by atoms with van der Waals surface area (Å²) >= 11 is 0. The molecule has 0 saturated carbocycles. The van der Waals surface area contributed by atoms with Crippen LogP contribution in [0, 0.1) is 0 Å². The van der Waals surface area contributed by atoms with Gasteiger partial charge in [-0.25, -0.2) is 4.79 Å². The SMILES string of the molecule is CC1(C(=O)O)CC(c2ccnc3ccccc23)=NO1. The molecule has 0 aliphatic carbocycles. The van der Waals surface area contributed by atoms with Crippen molar-refractivity contribution in [2.45, 2.75) is 18.9 Å². The third kappa shape index (κ3) is 1.83. The summed E-state index contributed by atoms with van der Waals surface area (Å²) in [6.45, 7) is 1.52. The second-order valence-electron chi connectivity index (χ2n) is 4.72. The minimum absolute atomic E-state index is 0.246. The van der Waals surface area contributed by atoms with E-state index >= 15 is 0 Å². The van der Waals surface area contributed by atoms with Crippen molar-refractivity contribution in [1.82, 2.24) is 4.98 Å². The summed E-state index contributed by atoms with van der Waals surface area (Å²) in [5.74, 6) is -1.01. The molecule has 1 aromatic heterocycles. The van der Waals surface area contributed by atoms with Gasteiger partial charge in [-0.05, 0) is 19.1 Å². The van der Waals surface area contributed by atoms with E-state index in [0.717, 1.165) is 16.5 Å². The van der Waals surface area contributed by atoms with Crippen LogP contribution in [0.2, 0.25) is 0 Å². The summed E-state index contributed by atoms with van der Waals surface area (Å²) in [6, 6.07) is 9.51. The van der Waals surface area contributed by atoms with E-state index in [0.29, 0.717) is 5.71 Å². The van der Waals surface area contributed by atoms with Gasteiger partial charge in [-0.2, -0.15) is 0 Å². The smallest absolute Gasteiger partial charge is 0.351 e. The van der Waals surface area contributed by atoms with E-state index in [1.165, 1.54) is 6.92 Å². The third-order valence-electron chi connectivity index (χ3n) is 3.27. The van der Waals surface area contributed by atoms with Crippen LogP contribution in [0.15, 0.2) is 41.7 Å². The van der Waals surface area contributed by atoms with E-state index < -0.39 is 11.6 Å². The van der Waals surface area contributed by atoms with Crippen LogP contribution in [-0.2, 0) is 9.63 Å². The largest absolute Gasteiger partial charge is 0.478 e. The van der Waals surface area contributed by atoms with Crippen molar-refractivity contribution < 1.29 is 14.7 Å². The topological polar surface area (TPSA) is 71.8 Å². The monoisotopic (exact) mass is 256 g/mol. The number of pyridine rings is 1. The number of hydrogen-bond acceptors (Lipinski definition) is 4. The lowest BCUT2D eigenvalue weighted by atomic mass is 9.94. The van der Waals surface area contributed by atoms with E-state index in [9.17, 15) is 4.79 Å². The maximum absolute atomic E-state index is 11.2. The van der Waals surface area contributed by atoms with Crippen molar-refractivity contribution in [1.29, 1.82) is 0 Å². The fourth-order valence-corrected chi connectivity index (χ4v) is 2.15. The van der Waals surface area contributed by atoms with Gasteiger partial charge in [0.25, 0.3) is 0 Å². The molecule has 2 aromatic rings. The Morgan fingerprint density at radius 1 is 1.37 bits per heavy atom. The number of carboxylic acid groups (broad SMARTS) is 1. The quantitative estimate of drug-likeness (QED) is 0.894. The molecule has 5 nitrogen and oxygen atoms in total. The Morgan fingerprint density at radius 3 is 2.89 bits per heavy atom. The number of para-hydroxylation sites is 1. The van der Waals surface area contributed by atoms with Crippen LogP contribution in [0.4, 0.5) is 0 Å². The standard InChI is InChI=1S/C14H12N2O3/c1-14(13(17)18)8-12(16-19-14)10-6-7-15-11-5-3-2-4-9(10)11/h2-7H,8H2,1H3,(H,17,18). The summed E-state index contributed by atoms with van der Waals surface area (Å²) in [5.41, 5.74) is 1.09. The highest BCUT2D eigenvalue weighted by molar-refractivity contribution is 6.12. The Labute approximate surface area is 109 Å². The molecule has 3 rings (SSSR count). The van der Waals surface area contributed by atoms with Crippen LogP contribution >= 0.6 is 0 Å². The van der Waals surface area contributed by atoms with Gasteiger partial charge < -0.3 is 9.94 Å². The maximum atomic E-state index is 11.2. The van der Waals surface area contributed by atoms with Crippen molar-refractivity contribution in [3.05, 3.63) is 42.1 Å². The average molecular weight is 256 g/mol. The Morgan fingerprint density at radius 2 is 2.16 bits per heavy atom. The molecule has 0 saturated heterocycles. The highest BCUT2D eigenvalue weighted by Gasteiger charge is 2.42. The highest BCUT2D eigenvalue weighted by atomic mass is 16.7. The molecule has 0 bridgehead atoms. The number of aliphatic carboxylic acids is 1. The maximum Gasteiger partial charge on any atom is 0.351 e. The van der Waals surface area contributed by atoms with Crippen LogP contribution in [0.5, 0.6) is 0 Å². The number of rotatable bonds is 2. The summed E-state index contributed by atoms with van der Waals surface area (Å²) < 4.78 is 0. The van der Waals surface area contributed by atoms with E-state index in [4.69, 9.17) is 9.94 Å². The number of nitrogens with zero attached hydrogens (tertiary/aromatic N) is 2. The molecular formula is C14H12N2O3. The van der Waals surface area contributed by atoms with Crippen LogP contribution in [-0.4, -0.2) is 27.4 Å². The number of aromatic nitrogens is 1. The second-order valence-corrected chi connectivity index (χ2v) is 4.72. The molecular weight excluding hydrogens is 244 g/mol. The summed E-state index contributed by atoms with van der Waals surface area (Å²) in [4.78, 5) is 20.5. The fourth-order valence-electron chi connectivity index (χ4n) is 2.15. The van der Waals surface area contributed by atoms with E-state index in [1.54, 1.807) is 6.20 Å². The minimum atomic E-state index is -1.28. The summed E-state index contributed by atoms with van der Waals surface area (Å²) in [5, 5.41) is 14.0. The highest BCUT2D eigenvalue weighted by Crippen LogP contribution is 2.29. The lowest BCUT2D eigenvalue weighted by molar-refractivity contribution is -0.160. The predicted octanol–water partition coefficient (Wildman–Crippen LogP) is 2.20. The number of benzene rings is 1. The Hall–Kier alpha value is -2.43. The number of carbonyl (C=O) groups is 1. The molecule has 1 aliphatic heterocycles. The van der Waals surface area contributed by atoms with Crippen molar-refractivity contribution in [3.63, 3.8) is 0 Å². The van der Waals surface area contributed by atoms with E-state index in [1.807, 2.05) is 30.3 Å². The number of hydrogen-bond donors (Lipinski definition) is 1. The zero-order chi connectivity index (χ0) is 13.5. The van der Waals surface area contributed by atoms with E-state index in [2.05, 4.69) is 10.1 Å². The Kier molecular flexibility index (Phi) is 2.48. The van der Waals surface area contributed by atoms with Gasteiger partial charge in [0.05, 0.1) is 11.2 Å². The second kappa shape index (κ2) is 4.05. The first kappa shape index (κ1) is 11.6. The average Bonchev–Trinajstić information content (AvgIpc) is 2.82. The normalized spacial score (nSPS) is 22.1. The van der Waals surface area contributed by atoms with Gasteiger partial charge in [0.2, 0.25) is 5.60 Å². The molecule has 1 N–H and O–H groups in total. The van der Waals surface area contributed by atoms with Crippen molar-refractivity contribution in [2.75, 3.05) is 0 Å². The molecule has 1 aliphatic rings. The van der Waals surface area contributed by atoms with Crippen LogP contribution < -0.4 is 0 Å². The Balaban J connectivity index is 2.05.